The molecule has 1 fully saturated rings. The molecule has 0 amide bonds. The topological polar surface area (TPSA) is 21.3 Å². The molecule has 2 nitrogen and oxygen atoms in total. The number of benzene rings is 1. The van der Waals surface area contributed by atoms with E-state index in [4.69, 9.17) is 4.74 Å². The Morgan fingerprint density at radius 1 is 1.35 bits per heavy atom. The Labute approximate surface area is 125 Å². The first-order valence-electron chi connectivity index (χ1n) is 7.62. The van der Waals surface area contributed by atoms with Gasteiger partial charge in [0.2, 0.25) is 0 Å². The lowest BCUT2D eigenvalue weighted by molar-refractivity contribution is 0.121. The first-order chi connectivity index (χ1) is 9.83. The second kappa shape index (κ2) is 6.70. The van der Waals surface area contributed by atoms with E-state index >= 15 is 0 Å². The molecule has 3 rings (SSSR count). The standard InChI is InChI=1S/C17H23NOS/c1-13(18-9-4-10-19-12-14-7-8-14)17-11-15-5-2-3-6-16(15)20-17/h2-3,5-6,11,13-14,18H,4,7-10,12H2,1H3. The average Bonchev–Trinajstić information content (AvgIpc) is 3.18. The summed E-state index contributed by atoms with van der Waals surface area (Å²) in [6.45, 7) is 5.14. The molecule has 108 valence electrons. The fraction of sp³-hybridized carbons (Fsp3) is 0.529. The van der Waals surface area contributed by atoms with Crippen molar-refractivity contribution in [2.75, 3.05) is 19.8 Å². The van der Waals surface area contributed by atoms with Gasteiger partial charge in [-0.05, 0) is 56.2 Å². The van der Waals surface area contributed by atoms with E-state index in [0.29, 0.717) is 6.04 Å². The van der Waals surface area contributed by atoms with Gasteiger partial charge in [-0.2, -0.15) is 0 Å². The maximum Gasteiger partial charge on any atom is 0.0494 e. The van der Waals surface area contributed by atoms with Crippen LogP contribution in [0.1, 0.15) is 37.1 Å². The van der Waals surface area contributed by atoms with Crippen LogP contribution in [0.2, 0.25) is 0 Å². The Hall–Kier alpha value is -0.900. The van der Waals surface area contributed by atoms with Gasteiger partial charge in [0.1, 0.15) is 0 Å². The number of thiophene rings is 1. The molecule has 0 saturated heterocycles. The first-order valence-corrected chi connectivity index (χ1v) is 8.44. The Morgan fingerprint density at radius 2 is 2.20 bits per heavy atom. The minimum atomic E-state index is 0.427. The molecule has 1 aromatic carbocycles. The minimum Gasteiger partial charge on any atom is -0.381 e. The van der Waals surface area contributed by atoms with E-state index in [1.165, 1.54) is 27.8 Å². The van der Waals surface area contributed by atoms with Crippen molar-refractivity contribution in [2.45, 2.75) is 32.2 Å². The summed E-state index contributed by atoms with van der Waals surface area (Å²) >= 11 is 1.89. The van der Waals surface area contributed by atoms with Crippen LogP contribution in [-0.4, -0.2) is 19.8 Å². The van der Waals surface area contributed by atoms with Gasteiger partial charge >= 0.3 is 0 Å². The molecule has 1 N–H and O–H groups in total. The molecule has 1 atom stereocenters. The van der Waals surface area contributed by atoms with Gasteiger partial charge in [-0.3, -0.25) is 0 Å². The highest BCUT2D eigenvalue weighted by Gasteiger charge is 2.20. The van der Waals surface area contributed by atoms with Crippen LogP contribution < -0.4 is 5.32 Å². The molecule has 0 radical (unpaired) electrons. The Balaban J connectivity index is 1.40. The van der Waals surface area contributed by atoms with Crippen molar-refractivity contribution in [3.05, 3.63) is 35.2 Å². The summed E-state index contributed by atoms with van der Waals surface area (Å²) in [7, 11) is 0. The van der Waals surface area contributed by atoms with E-state index in [1.54, 1.807) is 0 Å². The van der Waals surface area contributed by atoms with Gasteiger partial charge in [0.15, 0.2) is 0 Å². The molecule has 0 aliphatic heterocycles. The van der Waals surface area contributed by atoms with E-state index in [1.807, 2.05) is 11.3 Å². The summed E-state index contributed by atoms with van der Waals surface area (Å²) in [5.74, 6) is 0.875. The van der Waals surface area contributed by atoms with Crippen LogP contribution in [0.25, 0.3) is 10.1 Å². The highest BCUT2D eigenvalue weighted by Crippen LogP contribution is 2.30. The lowest BCUT2D eigenvalue weighted by atomic mass is 10.2. The maximum absolute atomic E-state index is 5.66. The van der Waals surface area contributed by atoms with Crippen molar-refractivity contribution in [2.24, 2.45) is 5.92 Å². The molecule has 1 saturated carbocycles. The fourth-order valence-corrected chi connectivity index (χ4v) is 3.44. The largest absolute Gasteiger partial charge is 0.381 e. The summed E-state index contributed by atoms with van der Waals surface area (Å²) in [6.07, 6.45) is 3.85. The monoisotopic (exact) mass is 289 g/mol. The summed E-state index contributed by atoms with van der Waals surface area (Å²) < 4.78 is 7.03. The first kappa shape index (κ1) is 14.1. The number of rotatable bonds is 8. The quantitative estimate of drug-likeness (QED) is 0.729. The van der Waals surface area contributed by atoms with Crippen molar-refractivity contribution in [3.63, 3.8) is 0 Å². The van der Waals surface area contributed by atoms with E-state index < -0.39 is 0 Å². The summed E-state index contributed by atoms with van der Waals surface area (Å²) in [5.41, 5.74) is 0. The summed E-state index contributed by atoms with van der Waals surface area (Å²) in [6, 6.07) is 11.3. The molecule has 1 aliphatic rings. The molecule has 3 heteroatoms. The zero-order valence-electron chi connectivity index (χ0n) is 12.1. The van der Waals surface area contributed by atoms with Crippen molar-refractivity contribution < 1.29 is 4.74 Å². The highest BCUT2D eigenvalue weighted by atomic mass is 32.1. The lowest BCUT2D eigenvalue weighted by Gasteiger charge is -2.11. The van der Waals surface area contributed by atoms with Crippen LogP contribution in [0.4, 0.5) is 0 Å². The Kier molecular flexibility index (Phi) is 4.71. The third kappa shape index (κ3) is 3.81. The summed E-state index contributed by atoms with van der Waals surface area (Å²) in [5, 5.41) is 4.95. The van der Waals surface area contributed by atoms with Gasteiger partial charge < -0.3 is 10.1 Å². The van der Waals surface area contributed by atoms with Crippen molar-refractivity contribution in [3.8, 4) is 0 Å². The number of hydrogen-bond donors (Lipinski definition) is 1. The normalized spacial score (nSPS) is 16.6. The SMILES string of the molecule is CC(NCCCOCC1CC1)c1cc2ccccc2s1. The zero-order valence-corrected chi connectivity index (χ0v) is 12.9. The molecule has 0 bridgehead atoms. The molecule has 1 unspecified atom stereocenters. The Morgan fingerprint density at radius 3 is 3.00 bits per heavy atom. The molecule has 1 aromatic heterocycles. The number of hydrogen-bond acceptors (Lipinski definition) is 3. The molecule has 0 spiro atoms. The van der Waals surface area contributed by atoms with E-state index in [-0.39, 0.29) is 0 Å². The van der Waals surface area contributed by atoms with Crippen LogP contribution in [0, 0.1) is 5.92 Å². The number of nitrogens with one attached hydrogen (secondary N) is 1. The van der Waals surface area contributed by atoms with Crippen LogP contribution in [0.5, 0.6) is 0 Å². The lowest BCUT2D eigenvalue weighted by Crippen LogP contribution is -2.20. The second-order valence-electron chi connectivity index (χ2n) is 5.73. The highest BCUT2D eigenvalue weighted by molar-refractivity contribution is 7.19. The van der Waals surface area contributed by atoms with Gasteiger partial charge in [-0.15, -0.1) is 11.3 Å². The van der Waals surface area contributed by atoms with Crippen LogP contribution in [0.15, 0.2) is 30.3 Å². The third-order valence-corrected chi connectivity index (χ3v) is 5.14. The second-order valence-corrected chi connectivity index (χ2v) is 6.85. The van der Waals surface area contributed by atoms with Crippen molar-refractivity contribution >= 4 is 21.4 Å². The average molecular weight is 289 g/mol. The van der Waals surface area contributed by atoms with Crippen molar-refractivity contribution in [1.29, 1.82) is 0 Å². The van der Waals surface area contributed by atoms with Gasteiger partial charge in [-0.25, -0.2) is 0 Å². The predicted molar refractivity (Wildman–Crippen MR) is 86.4 cm³/mol. The molecular weight excluding hydrogens is 266 g/mol. The van der Waals surface area contributed by atoms with Gasteiger partial charge in [0, 0.05) is 28.8 Å². The van der Waals surface area contributed by atoms with Crippen LogP contribution >= 0.6 is 11.3 Å². The molecule has 2 aromatic rings. The van der Waals surface area contributed by atoms with Gasteiger partial charge in [0.25, 0.3) is 0 Å². The maximum atomic E-state index is 5.66. The molecule has 1 heterocycles. The fourth-order valence-electron chi connectivity index (χ4n) is 2.34. The van der Waals surface area contributed by atoms with E-state index in [2.05, 4.69) is 42.6 Å². The number of fused-ring (bicyclic) bond motifs is 1. The number of ether oxygens (including phenoxy) is 1. The van der Waals surface area contributed by atoms with Crippen LogP contribution in [0.3, 0.4) is 0 Å². The van der Waals surface area contributed by atoms with E-state index in [9.17, 15) is 0 Å². The zero-order chi connectivity index (χ0) is 13.8. The smallest absolute Gasteiger partial charge is 0.0494 e. The molecule has 1 aliphatic carbocycles. The minimum absolute atomic E-state index is 0.427. The van der Waals surface area contributed by atoms with Crippen LogP contribution in [-0.2, 0) is 4.74 Å². The van der Waals surface area contributed by atoms with E-state index in [0.717, 1.165) is 32.1 Å². The molecule has 20 heavy (non-hydrogen) atoms. The van der Waals surface area contributed by atoms with Crippen molar-refractivity contribution in [1.82, 2.24) is 5.32 Å². The van der Waals surface area contributed by atoms with Gasteiger partial charge in [-0.1, -0.05) is 18.2 Å². The Bertz CT molecular complexity index is 514. The van der Waals surface area contributed by atoms with Gasteiger partial charge in [0.05, 0.1) is 0 Å². The summed E-state index contributed by atoms with van der Waals surface area (Å²) in [4.78, 5) is 1.42. The predicted octanol–water partition coefficient (Wildman–Crippen LogP) is 4.37. The molecular formula is C17H23NOS. The third-order valence-electron chi connectivity index (χ3n) is 3.84.